The summed E-state index contributed by atoms with van der Waals surface area (Å²) in [4.78, 5) is 27.4. The van der Waals surface area contributed by atoms with Gasteiger partial charge in [0.2, 0.25) is 0 Å². The fourth-order valence-electron chi connectivity index (χ4n) is 3.50. The summed E-state index contributed by atoms with van der Waals surface area (Å²) in [7, 11) is 0. The zero-order chi connectivity index (χ0) is 23.2. The molecule has 4 rings (SSSR count). The van der Waals surface area contributed by atoms with Crippen LogP contribution < -0.4 is 4.90 Å². The number of rotatable bonds is 3. The molecule has 3 aromatic rings. The zero-order valence-corrected chi connectivity index (χ0v) is 19.0. The molecule has 1 heterocycles. The van der Waals surface area contributed by atoms with Crippen LogP contribution in [0.2, 0.25) is 20.1 Å². The monoisotopic (exact) mass is 507 g/mol. The number of hydrogen-bond donors (Lipinski definition) is 2. The number of amides is 1. The van der Waals surface area contributed by atoms with E-state index in [2.05, 4.69) is 0 Å². The van der Waals surface area contributed by atoms with Gasteiger partial charge in [-0.2, -0.15) is 0 Å². The van der Waals surface area contributed by atoms with Gasteiger partial charge in [-0.15, -0.1) is 0 Å². The predicted octanol–water partition coefficient (Wildman–Crippen LogP) is 6.63. The number of carbonyl (C=O) groups is 2. The number of aromatic hydroxyl groups is 1. The Morgan fingerprint density at radius 3 is 1.97 bits per heavy atom. The van der Waals surface area contributed by atoms with Gasteiger partial charge in [0.25, 0.3) is 11.7 Å². The van der Waals surface area contributed by atoms with Crippen molar-refractivity contribution in [3.63, 3.8) is 0 Å². The molecule has 1 fully saturated rings. The van der Waals surface area contributed by atoms with E-state index in [0.29, 0.717) is 11.3 Å². The second-order valence-corrected chi connectivity index (χ2v) is 8.62. The molecular formula is C23H13Cl4NO4. The minimum Gasteiger partial charge on any atom is -0.508 e. The van der Waals surface area contributed by atoms with Crippen LogP contribution >= 0.6 is 46.4 Å². The summed E-state index contributed by atoms with van der Waals surface area (Å²) in [6.45, 7) is 0. The Morgan fingerprint density at radius 2 is 1.38 bits per heavy atom. The first-order valence-electron chi connectivity index (χ1n) is 9.19. The summed E-state index contributed by atoms with van der Waals surface area (Å²) in [6.07, 6.45) is 0. The number of hydrogen-bond acceptors (Lipinski definition) is 4. The van der Waals surface area contributed by atoms with E-state index in [9.17, 15) is 19.8 Å². The van der Waals surface area contributed by atoms with Crippen LogP contribution in [0.5, 0.6) is 5.75 Å². The average Bonchev–Trinajstić information content (AvgIpc) is 3.03. The van der Waals surface area contributed by atoms with Gasteiger partial charge >= 0.3 is 0 Å². The van der Waals surface area contributed by atoms with Gasteiger partial charge in [0.1, 0.15) is 11.5 Å². The van der Waals surface area contributed by atoms with Gasteiger partial charge in [0.05, 0.1) is 31.7 Å². The normalized spacial score (nSPS) is 17.8. The third-order valence-corrected chi connectivity index (χ3v) is 6.51. The first-order valence-corrected chi connectivity index (χ1v) is 10.7. The standard InChI is InChI=1S/C23H13Cl4NO4/c24-15-7-3-12(9-17(15)26)21(30)19-20(11-1-5-14(29)6-2-11)28(23(32)22(19)31)13-4-8-16(25)18(27)10-13/h1-10,20,29-30H/b21-19+. The number of aliphatic hydroxyl groups excluding tert-OH is 1. The molecule has 9 heteroatoms. The van der Waals surface area contributed by atoms with Crippen molar-refractivity contribution in [2.45, 2.75) is 6.04 Å². The van der Waals surface area contributed by atoms with Crippen molar-refractivity contribution in [2.24, 2.45) is 0 Å². The Morgan fingerprint density at radius 1 is 0.781 bits per heavy atom. The molecule has 0 bridgehead atoms. The number of aliphatic hydroxyl groups is 1. The Hall–Kier alpha value is -2.70. The number of phenols is 1. The third-order valence-electron chi connectivity index (χ3n) is 5.03. The Labute approximate surface area is 203 Å². The van der Waals surface area contributed by atoms with Crippen molar-refractivity contribution >= 4 is 69.5 Å². The third kappa shape index (κ3) is 3.93. The van der Waals surface area contributed by atoms with Crippen LogP contribution in [0.4, 0.5) is 5.69 Å². The van der Waals surface area contributed by atoms with Crippen LogP contribution in [0, 0.1) is 0 Å². The first kappa shape index (κ1) is 22.5. The largest absolute Gasteiger partial charge is 0.508 e. The van der Waals surface area contributed by atoms with E-state index >= 15 is 0 Å². The van der Waals surface area contributed by atoms with Crippen molar-refractivity contribution in [1.29, 1.82) is 0 Å². The quantitative estimate of drug-likeness (QED) is 0.236. The summed E-state index contributed by atoms with van der Waals surface area (Å²) in [6, 6.07) is 13.8. The van der Waals surface area contributed by atoms with Crippen molar-refractivity contribution in [3.8, 4) is 5.75 Å². The molecule has 1 aliphatic heterocycles. The minimum absolute atomic E-state index is 0.00437. The molecule has 0 aliphatic carbocycles. The van der Waals surface area contributed by atoms with E-state index in [0.717, 1.165) is 0 Å². The number of phenolic OH excluding ortho intramolecular Hbond substituents is 1. The number of ketones is 1. The molecule has 1 saturated heterocycles. The number of benzene rings is 3. The highest BCUT2D eigenvalue weighted by Crippen LogP contribution is 2.43. The van der Waals surface area contributed by atoms with Gasteiger partial charge in [-0.25, -0.2) is 0 Å². The predicted molar refractivity (Wildman–Crippen MR) is 126 cm³/mol. The molecule has 0 aromatic heterocycles. The van der Waals surface area contributed by atoms with E-state index in [4.69, 9.17) is 46.4 Å². The molecule has 3 aromatic carbocycles. The van der Waals surface area contributed by atoms with E-state index in [1.807, 2.05) is 0 Å². The van der Waals surface area contributed by atoms with Crippen LogP contribution in [0.15, 0.2) is 66.2 Å². The highest BCUT2D eigenvalue weighted by Gasteiger charge is 2.47. The lowest BCUT2D eigenvalue weighted by Gasteiger charge is -2.25. The molecule has 1 aliphatic rings. The molecule has 0 saturated carbocycles. The number of carbonyl (C=O) groups excluding carboxylic acids is 2. The highest BCUT2D eigenvalue weighted by molar-refractivity contribution is 6.52. The topological polar surface area (TPSA) is 77.8 Å². The average molecular weight is 509 g/mol. The van der Waals surface area contributed by atoms with Gasteiger partial charge in [-0.1, -0.05) is 58.5 Å². The van der Waals surface area contributed by atoms with Crippen molar-refractivity contribution < 1.29 is 19.8 Å². The van der Waals surface area contributed by atoms with Gasteiger partial charge in [-0.3, -0.25) is 14.5 Å². The SMILES string of the molecule is O=C1C(=O)N(c2ccc(Cl)c(Cl)c2)C(c2ccc(O)cc2)/C1=C(\O)c1ccc(Cl)c(Cl)c1. The van der Waals surface area contributed by atoms with Crippen LogP contribution in [0.3, 0.4) is 0 Å². The first-order chi connectivity index (χ1) is 15.2. The molecule has 1 atom stereocenters. The van der Waals surface area contributed by atoms with Crippen LogP contribution in [0.25, 0.3) is 5.76 Å². The summed E-state index contributed by atoms with van der Waals surface area (Å²) >= 11 is 24.2. The molecule has 2 N–H and O–H groups in total. The summed E-state index contributed by atoms with van der Waals surface area (Å²) < 4.78 is 0. The van der Waals surface area contributed by atoms with Crippen LogP contribution in [-0.2, 0) is 9.59 Å². The van der Waals surface area contributed by atoms with Gasteiger partial charge in [0.15, 0.2) is 0 Å². The Kier molecular flexibility index (Phi) is 6.10. The van der Waals surface area contributed by atoms with E-state index < -0.39 is 23.5 Å². The van der Waals surface area contributed by atoms with Crippen molar-refractivity contribution in [3.05, 3.63) is 97.5 Å². The molecule has 0 spiro atoms. The minimum atomic E-state index is -0.998. The molecule has 32 heavy (non-hydrogen) atoms. The Bertz CT molecular complexity index is 1290. The number of anilines is 1. The van der Waals surface area contributed by atoms with Crippen molar-refractivity contribution in [1.82, 2.24) is 0 Å². The summed E-state index contributed by atoms with van der Waals surface area (Å²) in [5.74, 6) is -2.16. The fourth-order valence-corrected chi connectivity index (χ4v) is 4.10. The molecule has 1 unspecified atom stereocenters. The molecule has 0 radical (unpaired) electrons. The van der Waals surface area contributed by atoms with Gasteiger partial charge in [-0.05, 0) is 54.1 Å². The summed E-state index contributed by atoms with van der Waals surface area (Å²) in [5.41, 5.74) is 0.864. The molecule has 162 valence electrons. The molecule has 1 amide bonds. The maximum absolute atomic E-state index is 13.1. The van der Waals surface area contributed by atoms with E-state index in [1.165, 1.54) is 47.4 Å². The smallest absolute Gasteiger partial charge is 0.300 e. The second-order valence-electron chi connectivity index (χ2n) is 6.99. The molecular weight excluding hydrogens is 496 g/mol. The number of nitrogens with zero attached hydrogens (tertiary/aromatic N) is 1. The van der Waals surface area contributed by atoms with Crippen molar-refractivity contribution in [2.75, 3.05) is 4.90 Å². The van der Waals surface area contributed by atoms with Crippen LogP contribution in [0.1, 0.15) is 17.2 Å². The lowest BCUT2D eigenvalue weighted by molar-refractivity contribution is -0.132. The number of Topliss-reactive ketones (excluding diaryl/α,β-unsaturated/α-hetero) is 1. The van der Waals surface area contributed by atoms with E-state index in [1.54, 1.807) is 18.2 Å². The summed E-state index contributed by atoms with van der Waals surface area (Å²) in [5, 5.41) is 21.7. The lowest BCUT2D eigenvalue weighted by Crippen LogP contribution is -2.29. The molecule has 5 nitrogen and oxygen atoms in total. The lowest BCUT2D eigenvalue weighted by atomic mass is 9.95. The van der Waals surface area contributed by atoms with E-state index in [-0.39, 0.29) is 37.0 Å². The van der Waals surface area contributed by atoms with Crippen LogP contribution in [-0.4, -0.2) is 21.9 Å². The zero-order valence-electron chi connectivity index (χ0n) is 16.0. The Balaban J connectivity index is 1.96. The van der Waals surface area contributed by atoms with Gasteiger partial charge in [0, 0.05) is 11.3 Å². The second kappa shape index (κ2) is 8.68. The highest BCUT2D eigenvalue weighted by atomic mass is 35.5. The number of halogens is 4. The maximum Gasteiger partial charge on any atom is 0.300 e. The van der Waals surface area contributed by atoms with Gasteiger partial charge < -0.3 is 10.2 Å². The maximum atomic E-state index is 13.1. The fraction of sp³-hybridized carbons (Fsp3) is 0.0435.